The quantitative estimate of drug-likeness (QED) is 0.865. The van der Waals surface area contributed by atoms with Crippen LogP contribution < -0.4 is 4.74 Å². The van der Waals surface area contributed by atoms with Gasteiger partial charge in [0.25, 0.3) is 0 Å². The highest BCUT2D eigenvalue weighted by Gasteiger charge is 2.33. The van der Waals surface area contributed by atoms with Gasteiger partial charge in [-0.05, 0) is 29.2 Å². The van der Waals surface area contributed by atoms with E-state index in [2.05, 4.69) is 31.2 Å². The highest BCUT2D eigenvalue weighted by atomic mass is 16.5. The lowest BCUT2D eigenvalue weighted by Crippen LogP contribution is -2.30. The van der Waals surface area contributed by atoms with E-state index in [9.17, 15) is 4.79 Å². The van der Waals surface area contributed by atoms with E-state index in [-0.39, 0.29) is 5.91 Å². The summed E-state index contributed by atoms with van der Waals surface area (Å²) < 4.78 is 5.16. The second-order valence-corrected chi connectivity index (χ2v) is 6.32. The highest BCUT2D eigenvalue weighted by Crippen LogP contribution is 2.32. The number of methoxy groups -OCH3 is 1. The first kappa shape index (κ1) is 15.6. The molecule has 3 nitrogen and oxygen atoms in total. The Hall–Kier alpha value is -2.29. The molecule has 0 N–H and O–H groups in total. The fourth-order valence-corrected chi connectivity index (χ4v) is 3.33. The third-order valence-electron chi connectivity index (χ3n) is 4.71. The van der Waals surface area contributed by atoms with Crippen molar-refractivity contribution in [3.05, 3.63) is 65.7 Å². The number of benzene rings is 2. The Kier molecular flexibility index (Phi) is 4.65. The molecule has 1 amide bonds. The average Bonchev–Trinajstić information content (AvgIpc) is 2.98. The van der Waals surface area contributed by atoms with Crippen molar-refractivity contribution in [1.29, 1.82) is 0 Å². The summed E-state index contributed by atoms with van der Waals surface area (Å²) in [4.78, 5) is 14.6. The molecule has 0 aliphatic carbocycles. The largest absolute Gasteiger partial charge is 0.497 e. The third kappa shape index (κ3) is 3.55. The van der Waals surface area contributed by atoms with E-state index in [1.165, 1.54) is 5.56 Å². The Bertz CT molecular complexity index is 651. The molecule has 3 rings (SSSR count). The summed E-state index contributed by atoms with van der Waals surface area (Å²) in [5, 5.41) is 0. The van der Waals surface area contributed by atoms with Crippen LogP contribution in [0.15, 0.2) is 54.6 Å². The van der Waals surface area contributed by atoms with Gasteiger partial charge >= 0.3 is 0 Å². The monoisotopic (exact) mass is 309 g/mol. The predicted octanol–water partition coefficient (Wildman–Crippen LogP) is 3.50. The Labute approximate surface area is 137 Å². The lowest BCUT2D eigenvalue weighted by molar-refractivity contribution is -0.129. The smallest absolute Gasteiger partial charge is 0.227 e. The van der Waals surface area contributed by atoms with Crippen molar-refractivity contribution in [3.8, 4) is 5.75 Å². The number of hydrogen-bond acceptors (Lipinski definition) is 2. The van der Waals surface area contributed by atoms with Gasteiger partial charge in [0.05, 0.1) is 13.5 Å². The van der Waals surface area contributed by atoms with E-state index >= 15 is 0 Å². The van der Waals surface area contributed by atoms with Gasteiger partial charge < -0.3 is 9.64 Å². The molecule has 2 aromatic carbocycles. The maximum Gasteiger partial charge on any atom is 0.227 e. The van der Waals surface area contributed by atoms with E-state index in [0.717, 1.165) is 24.4 Å². The van der Waals surface area contributed by atoms with Crippen LogP contribution in [0, 0.1) is 5.92 Å². The Balaban J connectivity index is 1.64. The zero-order chi connectivity index (χ0) is 16.2. The van der Waals surface area contributed by atoms with E-state index in [0.29, 0.717) is 18.3 Å². The number of rotatable bonds is 4. The molecule has 2 atom stereocenters. The van der Waals surface area contributed by atoms with Crippen LogP contribution >= 0.6 is 0 Å². The number of amides is 1. The SMILES string of the molecule is COc1ccc(CC(=O)N2CC(C)C(c3ccccc3)C2)cc1. The third-order valence-corrected chi connectivity index (χ3v) is 4.71. The van der Waals surface area contributed by atoms with Gasteiger partial charge in [-0.25, -0.2) is 0 Å². The van der Waals surface area contributed by atoms with Crippen LogP contribution in [-0.4, -0.2) is 31.0 Å². The molecule has 0 radical (unpaired) electrons. The Morgan fingerprint density at radius 3 is 2.43 bits per heavy atom. The molecule has 1 fully saturated rings. The lowest BCUT2D eigenvalue weighted by atomic mass is 9.90. The molecule has 120 valence electrons. The molecule has 0 saturated carbocycles. The Morgan fingerprint density at radius 2 is 1.78 bits per heavy atom. The second-order valence-electron chi connectivity index (χ2n) is 6.32. The van der Waals surface area contributed by atoms with Crippen molar-refractivity contribution in [2.45, 2.75) is 19.3 Å². The van der Waals surface area contributed by atoms with Crippen molar-refractivity contribution in [1.82, 2.24) is 4.90 Å². The van der Waals surface area contributed by atoms with Crippen molar-refractivity contribution >= 4 is 5.91 Å². The van der Waals surface area contributed by atoms with Crippen LogP contribution in [-0.2, 0) is 11.2 Å². The average molecular weight is 309 g/mol. The molecule has 1 heterocycles. The van der Waals surface area contributed by atoms with Crippen molar-refractivity contribution in [3.63, 3.8) is 0 Å². The van der Waals surface area contributed by atoms with E-state index in [4.69, 9.17) is 4.74 Å². The zero-order valence-electron chi connectivity index (χ0n) is 13.7. The normalized spacial score (nSPS) is 20.5. The molecule has 1 aliphatic heterocycles. The molecular formula is C20H23NO2. The van der Waals surface area contributed by atoms with Crippen molar-refractivity contribution in [2.24, 2.45) is 5.92 Å². The topological polar surface area (TPSA) is 29.5 Å². The van der Waals surface area contributed by atoms with Gasteiger partial charge in [-0.2, -0.15) is 0 Å². The fraction of sp³-hybridized carbons (Fsp3) is 0.350. The molecule has 23 heavy (non-hydrogen) atoms. The van der Waals surface area contributed by atoms with E-state index in [1.807, 2.05) is 35.2 Å². The minimum Gasteiger partial charge on any atom is -0.497 e. The standard InChI is InChI=1S/C20H23NO2/c1-15-13-21(14-19(15)17-6-4-3-5-7-17)20(22)12-16-8-10-18(23-2)11-9-16/h3-11,15,19H,12-14H2,1-2H3. The van der Waals surface area contributed by atoms with Crippen LogP contribution in [0.3, 0.4) is 0 Å². The number of hydrogen-bond donors (Lipinski definition) is 0. The molecule has 2 unspecified atom stereocenters. The van der Waals surface area contributed by atoms with E-state index in [1.54, 1.807) is 7.11 Å². The van der Waals surface area contributed by atoms with E-state index < -0.39 is 0 Å². The second kappa shape index (κ2) is 6.86. The van der Waals surface area contributed by atoms with Crippen molar-refractivity contribution < 1.29 is 9.53 Å². The summed E-state index contributed by atoms with van der Waals surface area (Å²) in [6, 6.07) is 18.3. The molecular weight excluding hydrogens is 286 g/mol. The molecule has 1 saturated heterocycles. The first-order chi connectivity index (χ1) is 11.2. The first-order valence-corrected chi connectivity index (χ1v) is 8.13. The summed E-state index contributed by atoms with van der Waals surface area (Å²) in [5.74, 6) is 1.97. The molecule has 0 aromatic heterocycles. The van der Waals surface area contributed by atoms with Crippen LogP contribution in [0.1, 0.15) is 24.0 Å². The minimum absolute atomic E-state index is 0.209. The Morgan fingerprint density at radius 1 is 1.09 bits per heavy atom. The maximum absolute atomic E-state index is 12.6. The molecule has 0 bridgehead atoms. The summed E-state index contributed by atoms with van der Waals surface area (Å²) in [6.07, 6.45) is 0.457. The molecule has 0 spiro atoms. The fourth-order valence-electron chi connectivity index (χ4n) is 3.33. The predicted molar refractivity (Wildman–Crippen MR) is 91.6 cm³/mol. The molecule has 2 aromatic rings. The minimum atomic E-state index is 0.209. The van der Waals surface area contributed by atoms with Crippen LogP contribution in [0.25, 0.3) is 0 Å². The summed E-state index contributed by atoms with van der Waals surface area (Å²) in [7, 11) is 1.65. The highest BCUT2D eigenvalue weighted by molar-refractivity contribution is 5.79. The first-order valence-electron chi connectivity index (χ1n) is 8.13. The summed E-state index contributed by atoms with van der Waals surface area (Å²) in [6.45, 7) is 3.90. The van der Waals surface area contributed by atoms with Crippen molar-refractivity contribution in [2.75, 3.05) is 20.2 Å². The number of nitrogens with zero attached hydrogens (tertiary/aromatic N) is 1. The number of carbonyl (C=O) groups is 1. The number of ether oxygens (including phenoxy) is 1. The van der Waals surface area contributed by atoms with Crippen LogP contribution in [0.5, 0.6) is 5.75 Å². The zero-order valence-corrected chi connectivity index (χ0v) is 13.7. The van der Waals surface area contributed by atoms with Gasteiger partial charge in [-0.15, -0.1) is 0 Å². The summed E-state index contributed by atoms with van der Waals surface area (Å²) in [5.41, 5.74) is 2.37. The van der Waals surface area contributed by atoms with Crippen LogP contribution in [0.2, 0.25) is 0 Å². The molecule has 1 aliphatic rings. The lowest BCUT2D eigenvalue weighted by Gasteiger charge is -2.17. The van der Waals surface area contributed by atoms with Gasteiger partial charge in [0.2, 0.25) is 5.91 Å². The number of carbonyl (C=O) groups excluding carboxylic acids is 1. The van der Waals surface area contributed by atoms with Gasteiger partial charge in [0.1, 0.15) is 5.75 Å². The number of likely N-dealkylation sites (tertiary alicyclic amines) is 1. The summed E-state index contributed by atoms with van der Waals surface area (Å²) >= 11 is 0. The van der Waals surface area contributed by atoms with Gasteiger partial charge in [-0.1, -0.05) is 49.4 Å². The van der Waals surface area contributed by atoms with Gasteiger partial charge in [-0.3, -0.25) is 4.79 Å². The maximum atomic E-state index is 12.6. The van der Waals surface area contributed by atoms with Gasteiger partial charge in [0, 0.05) is 19.0 Å². The van der Waals surface area contributed by atoms with Crippen LogP contribution in [0.4, 0.5) is 0 Å². The van der Waals surface area contributed by atoms with Gasteiger partial charge in [0.15, 0.2) is 0 Å². The molecule has 3 heteroatoms.